The number of furan rings is 1. The van der Waals surface area contributed by atoms with Crippen LogP contribution in [0, 0.1) is 5.82 Å². The van der Waals surface area contributed by atoms with Crippen molar-refractivity contribution in [2.75, 3.05) is 0 Å². The fraction of sp³-hybridized carbons (Fsp3) is 0.0909. The molecule has 0 aliphatic rings. The van der Waals surface area contributed by atoms with Crippen molar-refractivity contribution in [3.8, 4) is 0 Å². The zero-order valence-electron chi connectivity index (χ0n) is 8.28. The summed E-state index contributed by atoms with van der Waals surface area (Å²) < 4.78 is 18.5. The van der Waals surface area contributed by atoms with Crippen molar-refractivity contribution in [1.29, 1.82) is 0 Å². The molecular formula is C11H10BrFN2O. The summed E-state index contributed by atoms with van der Waals surface area (Å²) in [5.74, 6) is 5.18. The first-order valence-electron chi connectivity index (χ1n) is 4.65. The smallest absolute Gasteiger partial charge is 0.137 e. The minimum Gasteiger partial charge on any atom is -0.472 e. The van der Waals surface area contributed by atoms with E-state index in [1.54, 1.807) is 24.7 Å². The molecule has 0 radical (unpaired) electrons. The monoisotopic (exact) mass is 284 g/mol. The second-order valence-electron chi connectivity index (χ2n) is 3.33. The fourth-order valence-electron chi connectivity index (χ4n) is 1.52. The third-order valence-corrected chi connectivity index (χ3v) is 2.93. The van der Waals surface area contributed by atoms with Crippen LogP contribution in [0.4, 0.5) is 4.39 Å². The lowest BCUT2D eigenvalue weighted by atomic mass is 10.0. The second-order valence-corrected chi connectivity index (χ2v) is 4.18. The predicted octanol–water partition coefficient (Wildman–Crippen LogP) is 2.73. The number of halogens is 2. The van der Waals surface area contributed by atoms with E-state index in [1.807, 2.05) is 6.07 Å². The van der Waals surface area contributed by atoms with Gasteiger partial charge in [-0.1, -0.05) is 6.07 Å². The number of rotatable bonds is 3. The van der Waals surface area contributed by atoms with E-state index in [1.165, 1.54) is 6.07 Å². The van der Waals surface area contributed by atoms with Crippen LogP contribution in [0.3, 0.4) is 0 Å². The largest absolute Gasteiger partial charge is 0.472 e. The van der Waals surface area contributed by atoms with Crippen LogP contribution < -0.4 is 11.3 Å². The second kappa shape index (κ2) is 4.78. The molecule has 2 rings (SSSR count). The predicted molar refractivity (Wildman–Crippen MR) is 62.0 cm³/mol. The van der Waals surface area contributed by atoms with Gasteiger partial charge in [0.2, 0.25) is 0 Å². The highest BCUT2D eigenvalue weighted by atomic mass is 79.9. The molecule has 0 spiro atoms. The zero-order valence-corrected chi connectivity index (χ0v) is 9.87. The van der Waals surface area contributed by atoms with Gasteiger partial charge in [0.25, 0.3) is 0 Å². The van der Waals surface area contributed by atoms with Crippen molar-refractivity contribution in [2.24, 2.45) is 5.84 Å². The number of nitrogens with two attached hydrogens (primary N) is 1. The van der Waals surface area contributed by atoms with E-state index in [2.05, 4.69) is 21.4 Å². The van der Waals surface area contributed by atoms with Crippen LogP contribution in [-0.4, -0.2) is 0 Å². The lowest BCUT2D eigenvalue weighted by molar-refractivity contribution is 0.552. The Morgan fingerprint density at radius 3 is 2.69 bits per heavy atom. The van der Waals surface area contributed by atoms with E-state index in [-0.39, 0.29) is 11.9 Å². The normalized spacial score (nSPS) is 12.7. The van der Waals surface area contributed by atoms with Crippen LogP contribution in [0.25, 0.3) is 0 Å². The van der Waals surface area contributed by atoms with E-state index < -0.39 is 0 Å². The molecule has 1 heterocycles. The molecule has 0 saturated heterocycles. The molecule has 0 aliphatic carbocycles. The van der Waals surface area contributed by atoms with Crippen molar-refractivity contribution < 1.29 is 8.81 Å². The summed E-state index contributed by atoms with van der Waals surface area (Å²) in [6, 6.07) is 6.35. The number of hydrogen-bond donors (Lipinski definition) is 2. The van der Waals surface area contributed by atoms with Crippen molar-refractivity contribution in [3.63, 3.8) is 0 Å². The van der Waals surface area contributed by atoms with Crippen LogP contribution in [0.2, 0.25) is 0 Å². The van der Waals surface area contributed by atoms with Crippen LogP contribution >= 0.6 is 15.9 Å². The summed E-state index contributed by atoms with van der Waals surface area (Å²) in [7, 11) is 0. The molecule has 1 atom stereocenters. The molecular weight excluding hydrogens is 275 g/mol. The van der Waals surface area contributed by atoms with Crippen LogP contribution in [0.15, 0.2) is 45.7 Å². The third kappa shape index (κ3) is 2.16. The molecule has 0 aliphatic heterocycles. The molecule has 3 nitrogen and oxygen atoms in total. The van der Waals surface area contributed by atoms with Gasteiger partial charge in [-0.05, 0) is 39.7 Å². The number of nitrogens with one attached hydrogen (secondary N) is 1. The van der Waals surface area contributed by atoms with Gasteiger partial charge in [-0.3, -0.25) is 5.84 Å². The summed E-state index contributed by atoms with van der Waals surface area (Å²) in [5.41, 5.74) is 4.41. The maximum Gasteiger partial charge on any atom is 0.137 e. The molecule has 0 fully saturated rings. The highest BCUT2D eigenvalue weighted by Crippen LogP contribution is 2.25. The molecule has 16 heavy (non-hydrogen) atoms. The van der Waals surface area contributed by atoms with Gasteiger partial charge in [0.05, 0.1) is 23.0 Å². The van der Waals surface area contributed by atoms with Crippen molar-refractivity contribution in [1.82, 2.24) is 5.43 Å². The zero-order chi connectivity index (χ0) is 11.5. The summed E-state index contributed by atoms with van der Waals surface area (Å²) in [6.45, 7) is 0. The maximum atomic E-state index is 13.1. The van der Waals surface area contributed by atoms with Crippen LogP contribution in [0.1, 0.15) is 17.2 Å². The van der Waals surface area contributed by atoms with Crippen molar-refractivity contribution in [3.05, 3.63) is 58.2 Å². The first-order chi connectivity index (χ1) is 7.72. The molecule has 1 aromatic carbocycles. The number of benzene rings is 1. The van der Waals surface area contributed by atoms with Gasteiger partial charge in [-0.25, -0.2) is 9.82 Å². The molecule has 0 saturated carbocycles. The van der Waals surface area contributed by atoms with Gasteiger partial charge in [0.1, 0.15) is 5.82 Å². The minimum absolute atomic E-state index is 0.212. The van der Waals surface area contributed by atoms with Crippen molar-refractivity contribution >= 4 is 15.9 Å². The molecule has 0 bridgehead atoms. The van der Waals surface area contributed by atoms with Gasteiger partial charge in [0.15, 0.2) is 0 Å². The Kier molecular flexibility index (Phi) is 3.38. The van der Waals surface area contributed by atoms with Gasteiger partial charge in [0, 0.05) is 5.56 Å². The summed E-state index contributed by atoms with van der Waals surface area (Å²) >= 11 is 3.14. The lowest BCUT2D eigenvalue weighted by Crippen LogP contribution is -2.28. The van der Waals surface area contributed by atoms with Gasteiger partial charge in [-0.2, -0.15) is 0 Å². The van der Waals surface area contributed by atoms with E-state index in [0.717, 1.165) is 11.1 Å². The third-order valence-electron chi connectivity index (χ3n) is 2.32. The Labute approximate surface area is 101 Å². The summed E-state index contributed by atoms with van der Waals surface area (Å²) in [4.78, 5) is 0. The van der Waals surface area contributed by atoms with E-state index in [9.17, 15) is 4.39 Å². The Hall–Kier alpha value is -1.17. The Bertz CT molecular complexity index is 473. The quantitative estimate of drug-likeness (QED) is 0.673. The summed E-state index contributed by atoms with van der Waals surface area (Å²) in [6.07, 6.45) is 3.17. The highest BCUT2D eigenvalue weighted by molar-refractivity contribution is 9.10. The van der Waals surface area contributed by atoms with Gasteiger partial charge >= 0.3 is 0 Å². The lowest BCUT2D eigenvalue weighted by Gasteiger charge is -2.14. The fourth-order valence-corrected chi connectivity index (χ4v) is 1.91. The van der Waals surface area contributed by atoms with Gasteiger partial charge in [-0.15, -0.1) is 0 Å². The molecule has 84 valence electrons. The maximum absolute atomic E-state index is 13.1. The average molecular weight is 285 g/mol. The average Bonchev–Trinajstić information content (AvgIpc) is 2.78. The first kappa shape index (κ1) is 11.3. The number of hydrogen-bond acceptors (Lipinski definition) is 3. The van der Waals surface area contributed by atoms with Crippen LogP contribution in [0.5, 0.6) is 0 Å². The molecule has 1 aromatic heterocycles. The van der Waals surface area contributed by atoms with Crippen LogP contribution in [-0.2, 0) is 0 Å². The topological polar surface area (TPSA) is 51.2 Å². The van der Waals surface area contributed by atoms with E-state index >= 15 is 0 Å². The highest BCUT2D eigenvalue weighted by Gasteiger charge is 2.14. The van der Waals surface area contributed by atoms with Crippen molar-refractivity contribution in [2.45, 2.75) is 6.04 Å². The molecule has 3 N–H and O–H groups in total. The Morgan fingerprint density at radius 2 is 2.12 bits per heavy atom. The Morgan fingerprint density at radius 1 is 1.31 bits per heavy atom. The molecule has 0 amide bonds. The standard InChI is InChI=1S/C11H10BrFN2O/c12-9-5-7(1-2-10(9)13)11(15-14)8-3-4-16-6-8/h1-6,11,15H,14H2. The first-order valence-corrected chi connectivity index (χ1v) is 5.45. The SMILES string of the molecule is NNC(c1ccoc1)c1ccc(F)c(Br)c1. The van der Waals surface area contributed by atoms with E-state index in [4.69, 9.17) is 10.3 Å². The number of hydrazine groups is 1. The minimum atomic E-state index is -0.299. The van der Waals surface area contributed by atoms with Gasteiger partial charge < -0.3 is 4.42 Å². The molecule has 2 aromatic rings. The Balaban J connectivity index is 2.37. The summed E-state index contributed by atoms with van der Waals surface area (Å²) in [5, 5.41) is 0. The van der Waals surface area contributed by atoms with E-state index in [0.29, 0.717) is 4.47 Å². The molecule has 1 unspecified atom stereocenters. The molecule has 5 heteroatoms.